The summed E-state index contributed by atoms with van der Waals surface area (Å²) in [6.45, 7) is 10.6. The fourth-order valence-corrected chi connectivity index (χ4v) is 10.8. The van der Waals surface area contributed by atoms with Gasteiger partial charge in [-0.1, -0.05) is 95.3 Å². The van der Waals surface area contributed by atoms with Crippen LogP contribution < -0.4 is 10.4 Å². The van der Waals surface area contributed by atoms with Crippen LogP contribution in [0.4, 0.5) is 4.39 Å². The van der Waals surface area contributed by atoms with Gasteiger partial charge >= 0.3 is 0 Å². The molecule has 3 nitrogen and oxygen atoms in total. The Kier molecular flexibility index (Phi) is 5.98. The van der Waals surface area contributed by atoms with Crippen LogP contribution >= 0.6 is 0 Å². The minimum absolute atomic E-state index is 0.0909. The summed E-state index contributed by atoms with van der Waals surface area (Å²) in [5, 5.41) is 2.08. The van der Waals surface area contributed by atoms with E-state index in [1.165, 1.54) is 0 Å². The largest absolute Gasteiger partial charge is 0.404 e. The molecule has 0 aromatic heterocycles. The molecule has 2 aliphatic rings. The minimum atomic E-state index is -2.84. The van der Waals surface area contributed by atoms with Gasteiger partial charge in [0.05, 0.1) is 12.7 Å². The van der Waals surface area contributed by atoms with E-state index in [-0.39, 0.29) is 17.6 Å². The van der Waals surface area contributed by atoms with Crippen LogP contribution in [-0.2, 0) is 13.9 Å². The van der Waals surface area contributed by atoms with Crippen molar-refractivity contribution in [1.82, 2.24) is 0 Å². The van der Waals surface area contributed by atoms with E-state index in [9.17, 15) is 0 Å². The summed E-state index contributed by atoms with van der Waals surface area (Å²) in [6.07, 6.45) is -1.70. The van der Waals surface area contributed by atoms with E-state index < -0.39 is 37.6 Å². The van der Waals surface area contributed by atoms with Crippen LogP contribution in [0.2, 0.25) is 5.04 Å². The van der Waals surface area contributed by atoms with Crippen molar-refractivity contribution in [2.24, 2.45) is 11.3 Å². The van der Waals surface area contributed by atoms with Gasteiger partial charge in [0, 0.05) is 24.4 Å². The average Bonchev–Trinajstić information content (AvgIpc) is 3.14. The van der Waals surface area contributed by atoms with Crippen molar-refractivity contribution in [3.8, 4) is 0 Å². The van der Waals surface area contributed by atoms with Crippen LogP contribution in [0.1, 0.15) is 34.6 Å². The molecule has 2 fully saturated rings. The van der Waals surface area contributed by atoms with Crippen molar-refractivity contribution in [2.45, 2.75) is 63.5 Å². The zero-order chi connectivity index (χ0) is 23.4. The number of rotatable bonds is 6. The summed E-state index contributed by atoms with van der Waals surface area (Å²) in [5.74, 6) is -0.231. The van der Waals surface area contributed by atoms with Gasteiger partial charge in [-0.15, -0.1) is 0 Å². The minimum Gasteiger partial charge on any atom is -0.404 e. The first-order valence-electron chi connectivity index (χ1n) is 11.4. The smallest absolute Gasteiger partial charge is 0.261 e. The number of halogens is 1. The van der Waals surface area contributed by atoms with Crippen molar-refractivity contribution in [3.63, 3.8) is 0 Å². The summed E-state index contributed by atoms with van der Waals surface area (Å²) < 4.78 is 35.1. The Labute approximate surface area is 194 Å². The lowest BCUT2D eigenvalue weighted by Gasteiger charge is -2.47. The Morgan fingerprint density at radius 2 is 1.50 bits per heavy atom. The van der Waals surface area contributed by atoms with Crippen molar-refractivity contribution >= 4 is 26.5 Å². The Morgan fingerprint density at radius 1 is 1.00 bits per heavy atom. The van der Waals surface area contributed by atoms with Crippen molar-refractivity contribution in [2.75, 3.05) is 13.7 Å². The van der Waals surface area contributed by atoms with Crippen LogP contribution in [0.5, 0.6) is 0 Å². The van der Waals surface area contributed by atoms with Gasteiger partial charge in [-0.3, -0.25) is 0 Å². The summed E-state index contributed by atoms with van der Waals surface area (Å²) in [7, 11) is 5.11. The summed E-state index contributed by atoms with van der Waals surface area (Å²) in [5.41, 5.74) is -1.89. The quantitative estimate of drug-likeness (QED) is 0.624. The highest BCUT2D eigenvalue weighted by molar-refractivity contribution is 6.99. The number of ether oxygens (including phenoxy) is 2. The van der Waals surface area contributed by atoms with Crippen LogP contribution in [0, 0.1) is 11.3 Å². The number of alkyl halides is 1. The summed E-state index contributed by atoms with van der Waals surface area (Å²) in [4.78, 5) is 0. The fourth-order valence-electron chi connectivity index (χ4n) is 6.20. The Balaban J connectivity index is 1.83. The first-order chi connectivity index (χ1) is 15.0. The molecule has 32 heavy (non-hydrogen) atoms. The molecule has 2 radical (unpaired) electrons. The molecule has 5 atom stereocenters. The molecule has 0 N–H and O–H groups in total. The second kappa shape index (κ2) is 8.08. The average molecular weight is 452 g/mol. The maximum Gasteiger partial charge on any atom is 0.261 e. The number of fused-ring (bicyclic) bond motifs is 2. The zero-order valence-electron chi connectivity index (χ0n) is 20.0. The predicted molar refractivity (Wildman–Crippen MR) is 130 cm³/mol. The molecule has 1 heterocycles. The highest BCUT2D eigenvalue weighted by Gasteiger charge is 2.73. The van der Waals surface area contributed by atoms with Gasteiger partial charge in [0.1, 0.15) is 19.6 Å². The lowest BCUT2D eigenvalue weighted by molar-refractivity contribution is -0.162. The third-order valence-electron chi connectivity index (χ3n) is 7.64. The normalized spacial score (nSPS) is 31.7. The lowest BCUT2D eigenvalue weighted by atomic mass is 9.70. The van der Waals surface area contributed by atoms with Gasteiger partial charge in [-0.2, -0.15) is 0 Å². The molecule has 2 aromatic rings. The van der Waals surface area contributed by atoms with E-state index in [1.54, 1.807) is 7.11 Å². The molecular formula is C26H34BFO3Si. The number of hydrogen-bond acceptors (Lipinski definition) is 3. The Morgan fingerprint density at radius 3 is 1.94 bits per heavy atom. The highest BCUT2D eigenvalue weighted by Crippen LogP contribution is 2.60. The van der Waals surface area contributed by atoms with Gasteiger partial charge in [0.15, 0.2) is 0 Å². The molecule has 170 valence electrons. The van der Waals surface area contributed by atoms with Crippen molar-refractivity contribution in [3.05, 3.63) is 60.7 Å². The number of benzene rings is 2. The van der Waals surface area contributed by atoms with Gasteiger partial charge in [0.2, 0.25) is 0 Å². The van der Waals surface area contributed by atoms with Crippen molar-refractivity contribution in [1.29, 1.82) is 0 Å². The summed E-state index contributed by atoms with van der Waals surface area (Å²) in [6, 6.07) is 20.1. The molecule has 1 saturated heterocycles. The zero-order valence-corrected chi connectivity index (χ0v) is 21.0. The standard InChI is InChI=1S/C26H34BFO3Si/c1-24(2,3)32(18-13-9-7-10-14-18,19-15-11-8-12-16-19)30-17-26-21(29-6)20(22(27)31-26)25(4,5)23(26)28/h7-16,20-23H,17H2,1-6H3/t20-,21+,22-,23?,26-/m1/s1. The maximum absolute atomic E-state index is 16.0. The molecule has 1 aliphatic carbocycles. The van der Waals surface area contributed by atoms with E-state index in [4.69, 9.17) is 21.7 Å². The lowest BCUT2D eigenvalue weighted by Crippen LogP contribution is -2.68. The van der Waals surface area contributed by atoms with E-state index in [0.29, 0.717) is 0 Å². The molecule has 6 heteroatoms. The molecule has 1 aliphatic heterocycles. The van der Waals surface area contributed by atoms with Crippen LogP contribution in [-0.4, -0.2) is 53.8 Å². The van der Waals surface area contributed by atoms with Gasteiger partial charge < -0.3 is 13.9 Å². The first-order valence-corrected chi connectivity index (χ1v) is 13.3. The number of hydrogen-bond donors (Lipinski definition) is 0. The predicted octanol–water partition coefficient (Wildman–Crippen LogP) is 3.84. The van der Waals surface area contributed by atoms with Crippen molar-refractivity contribution < 1.29 is 18.3 Å². The third-order valence-corrected chi connectivity index (χ3v) is 12.6. The molecule has 0 spiro atoms. The van der Waals surface area contributed by atoms with Gasteiger partial charge in [-0.25, -0.2) is 4.39 Å². The fraction of sp³-hybridized carbons (Fsp3) is 0.538. The van der Waals surface area contributed by atoms with Crippen LogP contribution in [0.25, 0.3) is 0 Å². The highest BCUT2D eigenvalue weighted by atomic mass is 28.4. The van der Waals surface area contributed by atoms with E-state index in [0.717, 1.165) is 10.4 Å². The third kappa shape index (κ3) is 3.25. The van der Waals surface area contributed by atoms with E-state index >= 15 is 4.39 Å². The maximum atomic E-state index is 16.0. The van der Waals surface area contributed by atoms with E-state index in [2.05, 4.69) is 45.0 Å². The summed E-state index contributed by atoms with van der Waals surface area (Å²) >= 11 is 0. The monoisotopic (exact) mass is 452 g/mol. The number of methoxy groups -OCH3 is 1. The Hall–Kier alpha value is -1.47. The van der Waals surface area contributed by atoms with Crippen LogP contribution in [0.3, 0.4) is 0 Å². The molecule has 2 bridgehead atoms. The second-order valence-corrected chi connectivity index (χ2v) is 15.2. The molecule has 0 amide bonds. The van der Waals surface area contributed by atoms with Gasteiger partial charge in [0.25, 0.3) is 8.32 Å². The molecule has 1 unspecified atom stereocenters. The second-order valence-electron chi connectivity index (χ2n) is 10.9. The molecule has 2 aromatic carbocycles. The molecule has 1 saturated carbocycles. The first kappa shape index (κ1) is 23.7. The topological polar surface area (TPSA) is 27.7 Å². The Bertz CT molecular complexity index is 894. The SMILES string of the molecule is [B][C@@H]1O[C@@]2(CO[Si](c3ccccc3)(c3ccccc3)C(C)(C)C)C(F)C(C)(C)[C@@H]1[C@@H]2OC. The van der Waals surface area contributed by atoms with E-state index in [1.807, 2.05) is 50.2 Å². The molecule has 4 rings (SSSR count). The molecular weight excluding hydrogens is 418 g/mol. The van der Waals surface area contributed by atoms with Crippen LogP contribution in [0.15, 0.2) is 60.7 Å². The van der Waals surface area contributed by atoms with Gasteiger partial charge in [-0.05, 0) is 15.4 Å².